The Labute approximate surface area is 275 Å². The number of fused-ring (bicyclic) bond motifs is 1. The number of aryl methyl sites for hydroxylation is 1. The molecule has 1 aromatic heterocycles. The van der Waals surface area contributed by atoms with E-state index in [2.05, 4.69) is 61.5 Å². The molecule has 0 amide bonds. The maximum atomic E-state index is 12.9. The Kier molecular flexibility index (Phi) is 8.75. The molecule has 0 spiro atoms. The summed E-state index contributed by atoms with van der Waals surface area (Å²) in [7, 11) is 1.73. The predicted octanol–water partition coefficient (Wildman–Crippen LogP) is 8.81. The number of methoxy groups -OCH3 is 1. The van der Waals surface area contributed by atoms with Gasteiger partial charge in [-0.3, -0.25) is 0 Å². The minimum Gasteiger partial charge on any atom is -0.496 e. The Bertz CT molecular complexity index is 1750. The van der Waals surface area contributed by atoms with Crippen LogP contribution < -0.4 is 4.74 Å². The molecule has 0 bridgehead atoms. The third-order valence-corrected chi connectivity index (χ3v) is 11.0. The molecule has 1 aliphatic heterocycles. The van der Waals surface area contributed by atoms with Gasteiger partial charge < -0.3 is 24.1 Å². The van der Waals surface area contributed by atoms with Gasteiger partial charge in [-0.15, -0.1) is 11.3 Å². The minimum absolute atomic E-state index is 0.170. The number of benzene rings is 4. The zero-order valence-electron chi connectivity index (χ0n) is 26.8. The van der Waals surface area contributed by atoms with Crippen LogP contribution in [0.2, 0.25) is 0 Å². The molecule has 5 nitrogen and oxygen atoms in total. The first-order valence-electron chi connectivity index (χ1n) is 16.3. The molecule has 2 heterocycles. The Morgan fingerprint density at radius 2 is 1.48 bits per heavy atom. The lowest BCUT2D eigenvalue weighted by molar-refractivity contribution is -0.347. The smallest absolute Gasteiger partial charge is 0.222 e. The van der Waals surface area contributed by atoms with Crippen LogP contribution in [0.15, 0.2) is 103 Å². The molecule has 6 heteroatoms. The van der Waals surface area contributed by atoms with Crippen LogP contribution in [0.1, 0.15) is 65.3 Å². The number of ether oxygens (including phenoxy) is 4. The third kappa shape index (κ3) is 5.89. The highest BCUT2D eigenvalue weighted by Gasteiger charge is 2.54. The lowest BCUT2D eigenvalue weighted by atomic mass is 9.83. The standard InChI is InChI=1S/C40H42O5S/c1-4-31-23-35(43-25-28-13-7-5-8-14-28)38(44-26-29-15-9-6-10-16-29)40(41,45-31)32-24-33(34(42-3)21-27(32)2)39(19-20-39)37-22-30-17-11-12-18-36(30)46-37/h5-18,21-22,24,31,35,38,41H,4,19-20,23,25-26H2,1-3H3/t31-,35+,38-,40?/m1/s1. The van der Waals surface area contributed by atoms with Gasteiger partial charge in [-0.25, -0.2) is 0 Å². The van der Waals surface area contributed by atoms with Gasteiger partial charge in [0, 0.05) is 32.5 Å². The second-order valence-electron chi connectivity index (χ2n) is 12.7. The van der Waals surface area contributed by atoms with E-state index in [0.717, 1.165) is 47.3 Å². The van der Waals surface area contributed by atoms with E-state index in [9.17, 15) is 5.11 Å². The van der Waals surface area contributed by atoms with Crippen molar-refractivity contribution in [2.45, 2.75) is 82.3 Å². The molecular weight excluding hydrogens is 593 g/mol. The summed E-state index contributed by atoms with van der Waals surface area (Å²) in [6, 6.07) is 35.3. The first-order valence-corrected chi connectivity index (χ1v) is 17.1. The molecule has 238 valence electrons. The van der Waals surface area contributed by atoms with Crippen molar-refractivity contribution in [3.8, 4) is 5.75 Å². The Hall–Kier alpha value is -3.52. The molecule has 2 fully saturated rings. The molecule has 0 radical (unpaired) electrons. The summed E-state index contributed by atoms with van der Waals surface area (Å²) in [6.07, 6.45) is 2.04. The SMILES string of the molecule is CC[C@@H]1C[C@H](OCc2ccccc2)[C@@H](OCc2ccccc2)C(O)(c2cc(C3(c4cc5ccccc5s4)CC3)c(OC)cc2C)O1. The van der Waals surface area contributed by atoms with E-state index in [1.807, 2.05) is 66.8 Å². The molecule has 1 saturated heterocycles. The van der Waals surface area contributed by atoms with Crippen LogP contribution in [-0.2, 0) is 38.6 Å². The fraction of sp³-hybridized carbons (Fsp3) is 0.350. The van der Waals surface area contributed by atoms with Gasteiger partial charge in [-0.2, -0.15) is 0 Å². The number of hydrogen-bond acceptors (Lipinski definition) is 6. The van der Waals surface area contributed by atoms with E-state index < -0.39 is 18.0 Å². The highest BCUT2D eigenvalue weighted by molar-refractivity contribution is 7.19. The van der Waals surface area contributed by atoms with Gasteiger partial charge in [0.2, 0.25) is 5.79 Å². The van der Waals surface area contributed by atoms with Crippen LogP contribution in [-0.4, -0.2) is 30.5 Å². The summed E-state index contributed by atoms with van der Waals surface area (Å²) in [6.45, 7) is 4.86. The molecule has 2 aliphatic rings. The first kappa shape index (κ1) is 31.1. The molecule has 4 aromatic carbocycles. The maximum Gasteiger partial charge on any atom is 0.222 e. The molecular formula is C40H42O5S. The van der Waals surface area contributed by atoms with Crippen LogP contribution in [0.4, 0.5) is 0 Å². The zero-order valence-corrected chi connectivity index (χ0v) is 27.6. The fourth-order valence-electron chi connectivity index (χ4n) is 6.99. The van der Waals surface area contributed by atoms with E-state index in [1.165, 1.54) is 15.0 Å². The highest BCUT2D eigenvalue weighted by Crippen LogP contribution is 2.59. The van der Waals surface area contributed by atoms with Crippen molar-refractivity contribution in [1.29, 1.82) is 0 Å². The Morgan fingerprint density at radius 1 is 0.826 bits per heavy atom. The normalized spacial score (nSPS) is 23.8. The number of aliphatic hydroxyl groups is 1. The summed E-state index contributed by atoms with van der Waals surface area (Å²) < 4.78 is 27.3. The van der Waals surface area contributed by atoms with Crippen LogP contribution in [0.3, 0.4) is 0 Å². The van der Waals surface area contributed by atoms with E-state index in [0.29, 0.717) is 25.2 Å². The number of thiophene rings is 1. The van der Waals surface area contributed by atoms with E-state index in [4.69, 9.17) is 18.9 Å². The molecule has 1 saturated carbocycles. The summed E-state index contributed by atoms with van der Waals surface area (Å²) in [5.74, 6) is -0.905. The van der Waals surface area contributed by atoms with Gasteiger partial charge in [0.25, 0.3) is 0 Å². The second kappa shape index (κ2) is 12.9. The third-order valence-electron chi connectivity index (χ3n) is 9.69. The summed E-state index contributed by atoms with van der Waals surface area (Å²) in [5.41, 5.74) is 4.62. The lowest BCUT2D eigenvalue weighted by Gasteiger charge is -2.47. The quantitative estimate of drug-likeness (QED) is 0.157. The van der Waals surface area contributed by atoms with Gasteiger partial charge in [0.15, 0.2) is 0 Å². The summed E-state index contributed by atoms with van der Waals surface area (Å²) in [4.78, 5) is 1.32. The molecule has 1 N–H and O–H groups in total. The van der Waals surface area contributed by atoms with Gasteiger partial charge >= 0.3 is 0 Å². The van der Waals surface area contributed by atoms with Crippen molar-refractivity contribution >= 4 is 21.4 Å². The lowest BCUT2D eigenvalue weighted by Crippen LogP contribution is -2.58. The van der Waals surface area contributed by atoms with Crippen molar-refractivity contribution in [2.24, 2.45) is 0 Å². The van der Waals surface area contributed by atoms with Crippen LogP contribution in [0.5, 0.6) is 5.75 Å². The van der Waals surface area contributed by atoms with Crippen molar-refractivity contribution in [2.75, 3.05) is 7.11 Å². The first-order chi connectivity index (χ1) is 22.4. The average Bonchev–Trinajstić information content (AvgIpc) is 3.78. The van der Waals surface area contributed by atoms with Gasteiger partial charge in [-0.05, 0) is 72.5 Å². The van der Waals surface area contributed by atoms with E-state index in [1.54, 1.807) is 7.11 Å². The van der Waals surface area contributed by atoms with Crippen molar-refractivity contribution in [3.63, 3.8) is 0 Å². The van der Waals surface area contributed by atoms with E-state index in [-0.39, 0.29) is 11.5 Å². The molecule has 46 heavy (non-hydrogen) atoms. The zero-order chi connectivity index (χ0) is 31.7. The van der Waals surface area contributed by atoms with Crippen molar-refractivity contribution in [1.82, 2.24) is 0 Å². The van der Waals surface area contributed by atoms with E-state index >= 15 is 0 Å². The van der Waals surface area contributed by atoms with Crippen LogP contribution in [0, 0.1) is 6.92 Å². The van der Waals surface area contributed by atoms with Gasteiger partial charge in [-0.1, -0.05) is 85.8 Å². The second-order valence-corrected chi connectivity index (χ2v) is 13.8. The molecule has 1 aliphatic carbocycles. The molecule has 5 aromatic rings. The fourth-order valence-corrected chi connectivity index (χ4v) is 8.31. The largest absolute Gasteiger partial charge is 0.496 e. The Balaban J connectivity index is 1.31. The summed E-state index contributed by atoms with van der Waals surface area (Å²) >= 11 is 1.85. The highest BCUT2D eigenvalue weighted by atomic mass is 32.1. The molecule has 7 rings (SSSR count). The monoisotopic (exact) mass is 634 g/mol. The predicted molar refractivity (Wildman–Crippen MR) is 183 cm³/mol. The molecule has 1 unspecified atom stereocenters. The number of hydrogen-bond donors (Lipinski definition) is 1. The average molecular weight is 635 g/mol. The summed E-state index contributed by atoms with van der Waals surface area (Å²) in [5, 5.41) is 14.2. The number of rotatable bonds is 11. The topological polar surface area (TPSA) is 57.2 Å². The molecule has 4 atom stereocenters. The van der Waals surface area contributed by atoms with Crippen LogP contribution >= 0.6 is 11.3 Å². The van der Waals surface area contributed by atoms with Gasteiger partial charge in [0.05, 0.1) is 32.5 Å². The maximum absolute atomic E-state index is 12.9. The Morgan fingerprint density at radius 3 is 2.11 bits per heavy atom. The van der Waals surface area contributed by atoms with Crippen LogP contribution in [0.25, 0.3) is 10.1 Å². The van der Waals surface area contributed by atoms with Crippen molar-refractivity contribution in [3.05, 3.63) is 136 Å². The van der Waals surface area contributed by atoms with Gasteiger partial charge in [0.1, 0.15) is 11.9 Å². The minimum atomic E-state index is -1.74. The van der Waals surface area contributed by atoms with Crippen molar-refractivity contribution < 1.29 is 24.1 Å².